The number of nitrogens with zero attached hydrogens (tertiary/aromatic N) is 4. The number of thioether (sulfide) groups is 1. The highest BCUT2D eigenvalue weighted by Gasteiger charge is 2.19. The first-order chi connectivity index (χ1) is 16.0. The standard InChI is InChI=1S/C24H27N7OS/c1-16-15-32-8-7-30(16)20-9-18-10-21(4-5-22(18)29-13-20)33-24(27)31-14-17(3-6-23(31)26)19(11-25)12-28-2/h3-6,9-14,16,26-27H,7-8,15,25H2,1-2H3. The van der Waals surface area contributed by atoms with Crippen LogP contribution < -0.4 is 16.1 Å². The van der Waals surface area contributed by atoms with Gasteiger partial charge in [-0.25, -0.2) is 0 Å². The van der Waals surface area contributed by atoms with E-state index < -0.39 is 0 Å². The van der Waals surface area contributed by atoms with Gasteiger partial charge in [-0.2, -0.15) is 0 Å². The molecule has 1 aliphatic rings. The summed E-state index contributed by atoms with van der Waals surface area (Å²) in [6.45, 7) is 4.42. The third-order valence-corrected chi connectivity index (χ3v) is 6.38. The van der Waals surface area contributed by atoms with Crippen LogP contribution in [0.3, 0.4) is 0 Å². The van der Waals surface area contributed by atoms with Crippen molar-refractivity contribution in [1.29, 1.82) is 10.8 Å². The maximum atomic E-state index is 8.63. The van der Waals surface area contributed by atoms with Gasteiger partial charge >= 0.3 is 0 Å². The first kappa shape index (κ1) is 22.8. The number of anilines is 1. The molecule has 9 heteroatoms. The first-order valence-corrected chi connectivity index (χ1v) is 11.4. The number of hydrogen-bond acceptors (Lipinski definition) is 8. The van der Waals surface area contributed by atoms with Crippen molar-refractivity contribution in [2.75, 3.05) is 31.7 Å². The van der Waals surface area contributed by atoms with E-state index in [-0.39, 0.29) is 10.7 Å². The summed E-state index contributed by atoms with van der Waals surface area (Å²) in [5.74, 6) is 0. The fraction of sp³-hybridized carbons (Fsp3) is 0.250. The Bertz CT molecular complexity index is 1300. The number of aromatic nitrogens is 2. The number of pyridine rings is 2. The van der Waals surface area contributed by atoms with Gasteiger partial charge in [0, 0.05) is 59.7 Å². The van der Waals surface area contributed by atoms with Gasteiger partial charge in [0.2, 0.25) is 0 Å². The van der Waals surface area contributed by atoms with Crippen molar-refractivity contribution in [2.24, 2.45) is 10.7 Å². The molecule has 0 amide bonds. The van der Waals surface area contributed by atoms with Gasteiger partial charge in [0.15, 0.2) is 5.17 Å². The summed E-state index contributed by atoms with van der Waals surface area (Å²) < 4.78 is 7.08. The third kappa shape index (κ3) is 4.99. The van der Waals surface area contributed by atoms with Crippen LogP contribution in [0.4, 0.5) is 5.69 Å². The zero-order valence-electron chi connectivity index (χ0n) is 18.7. The van der Waals surface area contributed by atoms with Crippen LogP contribution >= 0.6 is 11.8 Å². The maximum Gasteiger partial charge on any atom is 0.171 e. The zero-order chi connectivity index (χ0) is 23.4. The topological polar surface area (TPSA) is 116 Å². The Kier molecular flexibility index (Phi) is 6.90. The largest absolute Gasteiger partial charge is 0.404 e. The smallest absolute Gasteiger partial charge is 0.171 e. The van der Waals surface area contributed by atoms with E-state index in [1.54, 1.807) is 31.6 Å². The van der Waals surface area contributed by atoms with Crippen molar-refractivity contribution >= 4 is 45.3 Å². The Labute approximate surface area is 196 Å². The molecule has 1 fully saturated rings. The van der Waals surface area contributed by atoms with Crippen LogP contribution in [-0.4, -0.2) is 53.8 Å². The Balaban J connectivity index is 1.61. The molecule has 33 heavy (non-hydrogen) atoms. The van der Waals surface area contributed by atoms with Gasteiger partial charge < -0.3 is 15.4 Å². The molecule has 3 aromatic rings. The molecule has 1 saturated heterocycles. The number of ether oxygens (including phenoxy) is 1. The van der Waals surface area contributed by atoms with Crippen LogP contribution in [0, 0.1) is 10.8 Å². The Morgan fingerprint density at radius 3 is 2.91 bits per heavy atom. The number of morpholine rings is 1. The predicted octanol–water partition coefficient (Wildman–Crippen LogP) is 3.32. The lowest BCUT2D eigenvalue weighted by Gasteiger charge is -2.35. The van der Waals surface area contributed by atoms with Crippen molar-refractivity contribution in [3.63, 3.8) is 0 Å². The molecule has 1 aliphatic heterocycles. The molecule has 1 unspecified atom stereocenters. The van der Waals surface area contributed by atoms with E-state index in [0.717, 1.165) is 39.2 Å². The van der Waals surface area contributed by atoms with E-state index in [2.05, 4.69) is 27.9 Å². The molecular formula is C24H27N7OS. The number of aliphatic imine (C=N–C) groups is 1. The van der Waals surface area contributed by atoms with Crippen molar-refractivity contribution < 1.29 is 4.74 Å². The summed E-state index contributed by atoms with van der Waals surface area (Å²) in [5, 5.41) is 18.1. The van der Waals surface area contributed by atoms with Gasteiger partial charge in [-0.1, -0.05) is 11.8 Å². The summed E-state index contributed by atoms with van der Waals surface area (Å²) in [4.78, 5) is 11.9. The van der Waals surface area contributed by atoms with E-state index in [1.165, 1.54) is 22.5 Å². The van der Waals surface area contributed by atoms with Crippen LogP contribution in [-0.2, 0) is 4.74 Å². The van der Waals surface area contributed by atoms with Crippen LogP contribution in [0.2, 0.25) is 0 Å². The molecule has 0 saturated carbocycles. The highest BCUT2D eigenvalue weighted by Crippen LogP contribution is 2.28. The van der Waals surface area contributed by atoms with Crippen molar-refractivity contribution in [2.45, 2.75) is 17.9 Å². The third-order valence-electron chi connectivity index (χ3n) is 5.50. The lowest BCUT2D eigenvalue weighted by molar-refractivity contribution is 0.0989. The second kappa shape index (κ2) is 10.0. The molecule has 1 atom stereocenters. The predicted molar refractivity (Wildman–Crippen MR) is 135 cm³/mol. The summed E-state index contributed by atoms with van der Waals surface area (Å²) in [6.07, 6.45) is 6.77. The van der Waals surface area contributed by atoms with E-state index in [4.69, 9.17) is 21.3 Å². The number of fused-ring (bicyclic) bond motifs is 1. The Morgan fingerprint density at radius 2 is 2.15 bits per heavy atom. The van der Waals surface area contributed by atoms with Crippen LogP contribution in [0.1, 0.15) is 12.5 Å². The molecule has 2 aromatic heterocycles. The minimum Gasteiger partial charge on any atom is -0.404 e. The number of allylic oxidation sites excluding steroid dienone is 1. The summed E-state index contributed by atoms with van der Waals surface area (Å²) in [5.41, 5.74) is 9.43. The number of nitrogens with one attached hydrogen (secondary N) is 2. The van der Waals surface area contributed by atoms with Gasteiger partial charge in [0.05, 0.1) is 30.6 Å². The second-order valence-corrected chi connectivity index (χ2v) is 8.82. The fourth-order valence-corrected chi connectivity index (χ4v) is 4.58. The van der Waals surface area contributed by atoms with Crippen molar-refractivity contribution in [1.82, 2.24) is 9.55 Å². The van der Waals surface area contributed by atoms with Crippen LogP contribution in [0.15, 0.2) is 64.9 Å². The average molecular weight is 462 g/mol. The molecule has 1 aromatic carbocycles. The van der Waals surface area contributed by atoms with Gasteiger partial charge in [-0.05, 0) is 43.3 Å². The van der Waals surface area contributed by atoms with E-state index in [1.807, 2.05) is 24.4 Å². The average Bonchev–Trinajstić information content (AvgIpc) is 2.83. The van der Waals surface area contributed by atoms with Crippen LogP contribution in [0.25, 0.3) is 16.5 Å². The summed E-state index contributed by atoms with van der Waals surface area (Å²) in [7, 11) is 1.67. The molecule has 3 heterocycles. The number of benzene rings is 1. The van der Waals surface area contributed by atoms with Gasteiger partial charge in [0.25, 0.3) is 0 Å². The number of hydrogen-bond donors (Lipinski definition) is 3. The minimum atomic E-state index is 0.215. The van der Waals surface area contributed by atoms with Gasteiger partial charge in [0.1, 0.15) is 5.49 Å². The maximum absolute atomic E-state index is 8.63. The highest BCUT2D eigenvalue weighted by atomic mass is 32.2. The molecular weight excluding hydrogens is 434 g/mol. The molecule has 0 spiro atoms. The normalized spacial score (nSPS) is 17.1. The number of rotatable bonds is 4. The minimum absolute atomic E-state index is 0.215. The second-order valence-electron chi connectivity index (χ2n) is 7.75. The molecule has 4 rings (SSSR count). The van der Waals surface area contributed by atoms with E-state index >= 15 is 0 Å². The monoisotopic (exact) mass is 461 g/mol. The van der Waals surface area contributed by atoms with Crippen LogP contribution in [0.5, 0.6) is 0 Å². The number of nitrogens with two attached hydrogens (primary N) is 1. The van der Waals surface area contributed by atoms with Crippen molar-refractivity contribution in [3.8, 4) is 0 Å². The van der Waals surface area contributed by atoms with Gasteiger partial charge in [-0.15, -0.1) is 0 Å². The molecule has 170 valence electrons. The first-order valence-electron chi connectivity index (χ1n) is 10.6. The summed E-state index contributed by atoms with van der Waals surface area (Å²) >= 11 is 1.29. The highest BCUT2D eigenvalue weighted by molar-refractivity contribution is 8.13. The molecule has 4 N–H and O–H groups in total. The zero-order valence-corrected chi connectivity index (χ0v) is 19.5. The lowest BCUT2D eigenvalue weighted by Crippen LogP contribution is -2.43. The molecule has 0 bridgehead atoms. The summed E-state index contributed by atoms with van der Waals surface area (Å²) in [6, 6.07) is 11.9. The van der Waals surface area contributed by atoms with E-state index in [0.29, 0.717) is 19.3 Å². The quantitative estimate of drug-likeness (QED) is 0.313. The Morgan fingerprint density at radius 1 is 1.30 bits per heavy atom. The SMILES string of the molecule is CN=CC(=CN)c1ccc(=N)n(C(=N)Sc2ccc3ncc(N4CCOCC4C)cc3c2)c1. The lowest BCUT2D eigenvalue weighted by atomic mass is 10.1. The molecule has 0 aliphatic carbocycles. The Hall–Kier alpha value is -3.43. The fourth-order valence-electron chi connectivity index (χ4n) is 3.78. The van der Waals surface area contributed by atoms with Gasteiger partial charge in [-0.3, -0.25) is 25.4 Å². The molecule has 8 nitrogen and oxygen atoms in total. The van der Waals surface area contributed by atoms with Crippen molar-refractivity contribution in [3.05, 3.63) is 66.0 Å². The van der Waals surface area contributed by atoms with E-state index in [9.17, 15) is 0 Å². The molecule has 0 radical (unpaired) electrons.